The van der Waals surface area contributed by atoms with E-state index in [1.807, 2.05) is 12.1 Å². The molecule has 25 heavy (non-hydrogen) atoms. The molecular weight excluding hydrogens is 431 g/mol. The summed E-state index contributed by atoms with van der Waals surface area (Å²) in [5, 5.41) is 3.44. The van der Waals surface area contributed by atoms with Gasteiger partial charge in [-0.05, 0) is 31.4 Å². The molecule has 2 aliphatic rings. The lowest BCUT2D eigenvalue weighted by atomic mass is 10.1. The van der Waals surface area contributed by atoms with Crippen molar-refractivity contribution < 1.29 is 9.15 Å². The Bertz CT molecular complexity index is 503. The van der Waals surface area contributed by atoms with Crippen LogP contribution in [0, 0.1) is 5.92 Å². The lowest BCUT2D eigenvalue weighted by Gasteiger charge is -2.29. The highest BCUT2D eigenvalue weighted by Gasteiger charge is 2.27. The maximum absolute atomic E-state index is 5.44. The van der Waals surface area contributed by atoms with E-state index in [4.69, 9.17) is 14.1 Å². The minimum Gasteiger partial charge on any atom is -0.469 e. The van der Waals surface area contributed by atoms with E-state index in [0.717, 1.165) is 76.5 Å². The van der Waals surface area contributed by atoms with Crippen LogP contribution in [-0.2, 0) is 11.2 Å². The van der Waals surface area contributed by atoms with Crippen molar-refractivity contribution >= 4 is 29.9 Å². The van der Waals surface area contributed by atoms with Crippen LogP contribution in [0.3, 0.4) is 0 Å². The van der Waals surface area contributed by atoms with Gasteiger partial charge in [-0.15, -0.1) is 24.0 Å². The number of furan rings is 1. The van der Waals surface area contributed by atoms with E-state index in [9.17, 15) is 0 Å². The van der Waals surface area contributed by atoms with E-state index in [-0.39, 0.29) is 24.0 Å². The number of nitrogens with one attached hydrogen (secondary N) is 1. The molecule has 2 aliphatic heterocycles. The highest BCUT2D eigenvalue weighted by molar-refractivity contribution is 14.0. The maximum atomic E-state index is 5.44. The predicted octanol–water partition coefficient (Wildman–Crippen LogP) is 2.06. The van der Waals surface area contributed by atoms with Crippen LogP contribution in [0.15, 0.2) is 27.8 Å². The van der Waals surface area contributed by atoms with Crippen LogP contribution in [0.25, 0.3) is 0 Å². The van der Waals surface area contributed by atoms with Gasteiger partial charge < -0.3 is 19.4 Å². The number of hydrogen-bond acceptors (Lipinski definition) is 4. The summed E-state index contributed by atoms with van der Waals surface area (Å²) >= 11 is 0. The minimum absolute atomic E-state index is 0. The molecule has 0 aliphatic carbocycles. The van der Waals surface area contributed by atoms with Crippen molar-refractivity contribution in [1.82, 2.24) is 15.1 Å². The molecule has 1 N–H and O–H groups in total. The van der Waals surface area contributed by atoms with Gasteiger partial charge in [0.2, 0.25) is 0 Å². The first-order valence-electron chi connectivity index (χ1n) is 9.21. The molecule has 2 fully saturated rings. The van der Waals surface area contributed by atoms with Crippen molar-refractivity contribution in [3.8, 4) is 0 Å². The van der Waals surface area contributed by atoms with Crippen molar-refractivity contribution in [3.63, 3.8) is 0 Å². The molecule has 3 heterocycles. The van der Waals surface area contributed by atoms with Gasteiger partial charge in [-0.25, -0.2) is 0 Å². The number of halogens is 1. The van der Waals surface area contributed by atoms with Crippen LogP contribution in [-0.4, -0.2) is 74.8 Å². The van der Waals surface area contributed by atoms with Crippen LogP contribution >= 0.6 is 24.0 Å². The van der Waals surface area contributed by atoms with Gasteiger partial charge in [-0.3, -0.25) is 9.89 Å². The van der Waals surface area contributed by atoms with E-state index in [2.05, 4.69) is 22.0 Å². The normalized spacial score (nSPS) is 22.0. The summed E-state index contributed by atoms with van der Waals surface area (Å²) in [5.41, 5.74) is 0. The summed E-state index contributed by atoms with van der Waals surface area (Å²) in [6.45, 7) is 11.1. The topological polar surface area (TPSA) is 53.2 Å². The van der Waals surface area contributed by atoms with E-state index in [1.54, 1.807) is 6.26 Å². The van der Waals surface area contributed by atoms with Crippen molar-refractivity contribution in [1.29, 1.82) is 0 Å². The minimum atomic E-state index is 0. The van der Waals surface area contributed by atoms with Gasteiger partial charge in [0.05, 0.1) is 19.5 Å². The van der Waals surface area contributed by atoms with Crippen molar-refractivity contribution in [3.05, 3.63) is 24.2 Å². The molecule has 0 amide bonds. The lowest BCUT2D eigenvalue weighted by Crippen LogP contribution is -2.42. The van der Waals surface area contributed by atoms with Gasteiger partial charge >= 0.3 is 0 Å². The number of ether oxygens (including phenoxy) is 1. The van der Waals surface area contributed by atoms with Gasteiger partial charge in [-0.1, -0.05) is 0 Å². The largest absolute Gasteiger partial charge is 0.469 e. The molecule has 0 spiro atoms. The molecule has 1 aromatic rings. The molecule has 142 valence electrons. The summed E-state index contributed by atoms with van der Waals surface area (Å²) < 4.78 is 10.8. The van der Waals surface area contributed by atoms with Crippen LogP contribution in [0.1, 0.15) is 19.1 Å². The number of morpholine rings is 1. The zero-order valence-electron chi connectivity index (χ0n) is 15.2. The summed E-state index contributed by atoms with van der Waals surface area (Å²) in [5.74, 6) is 2.78. The van der Waals surface area contributed by atoms with Gasteiger partial charge in [0.15, 0.2) is 5.96 Å². The predicted molar refractivity (Wildman–Crippen MR) is 111 cm³/mol. The highest BCUT2D eigenvalue weighted by atomic mass is 127. The maximum Gasteiger partial charge on any atom is 0.193 e. The third kappa shape index (κ3) is 6.45. The number of aliphatic imine (C=N–C) groups is 1. The van der Waals surface area contributed by atoms with E-state index >= 15 is 0 Å². The number of hydrogen-bond donors (Lipinski definition) is 1. The molecule has 0 saturated carbocycles. The Morgan fingerprint density at radius 1 is 1.32 bits per heavy atom. The second-order valence-electron chi connectivity index (χ2n) is 6.58. The fourth-order valence-electron chi connectivity index (χ4n) is 3.48. The molecule has 1 atom stereocenters. The summed E-state index contributed by atoms with van der Waals surface area (Å²) in [4.78, 5) is 9.74. The molecule has 2 saturated heterocycles. The highest BCUT2D eigenvalue weighted by Crippen LogP contribution is 2.18. The standard InChI is InChI=1S/C18H30N4O2.HI/c1-2-19-18(20-7-5-17-4-3-11-24-17)22-8-6-16(15-22)14-21-9-12-23-13-10-21;/h3-4,11,16H,2,5-10,12-15H2,1H3,(H,19,20);1H. The monoisotopic (exact) mass is 462 g/mol. The van der Waals surface area contributed by atoms with Crippen LogP contribution < -0.4 is 5.32 Å². The van der Waals surface area contributed by atoms with Gasteiger partial charge in [0, 0.05) is 52.2 Å². The number of guanidine groups is 1. The van der Waals surface area contributed by atoms with E-state index in [1.165, 1.54) is 13.0 Å². The Morgan fingerprint density at radius 2 is 2.16 bits per heavy atom. The first-order chi connectivity index (χ1) is 11.8. The fourth-order valence-corrected chi connectivity index (χ4v) is 3.48. The van der Waals surface area contributed by atoms with Crippen molar-refractivity contribution in [2.75, 3.05) is 59.0 Å². The Hall–Kier alpha value is -0.800. The Labute approximate surface area is 168 Å². The molecule has 3 rings (SSSR count). The fraction of sp³-hybridized carbons (Fsp3) is 0.722. The van der Waals surface area contributed by atoms with Crippen LogP contribution in [0.4, 0.5) is 0 Å². The average Bonchev–Trinajstić information content (AvgIpc) is 3.27. The van der Waals surface area contributed by atoms with Gasteiger partial charge in [0.25, 0.3) is 0 Å². The molecule has 0 aromatic carbocycles. The molecule has 1 aromatic heterocycles. The number of nitrogens with zero attached hydrogens (tertiary/aromatic N) is 3. The molecule has 0 radical (unpaired) electrons. The Morgan fingerprint density at radius 3 is 2.88 bits per heavy atom. The number of likely N-dealkylation sites (tertiary alicyclic amines) is 1. The quantitative estimate of drug-likeness (QED) is 0.399. The molecular formula is C18H31IN4O2. The van der Waals surface area contributed by atoms with Crippen molar-refractivity contribution in [2.45, 2.75) is 19.8 Å². The van der Waals surface area contributed by atoms with Gasteiger partial charge in [0.1, 0.15) is 5.76 Å². The van der Waals surface area contributed by atoms with Crippen LogP contribution in [0.5, 0.6) is 0 Å². The number of rotatable bonds is 6. The SMILES string of the molecule is CCNC(=NCCc1ccco1)N1CCC(CN2CCOCC2)C1.I. The molecule has 6 nitrogen and oxygen atoms in total. The Balaban J connectivity index is 0.00000225. The van der Waals surface area contributed by atoms with Crippen molar-refractivity contribution in [2.24, 2.45) is 10.9 Å². The first kappa shape index (κ1) is 20.5. The zero-order valence-corrected chi connectivity index (χ0v) is 17.5. The first-order valence-corrected chi connectivity index (χ1v) is 9.21. The smallest absolute Gasteiger partial charge is 0.193 e. The summed E-state index contributed by atoms with van der Waals surface area (Å²) in [6, 6.07) is 3.94. The zero-order chi connectivity index (χ0) is 16.6. The van der Waals surface area contributed by atoms with Crippen LogP contribution in [0.2, 0.25) is 0 Å². The Kier molecular flexibility index (Phi) is 9.05. The second-order valence-corrected chi connectivity index (χ2v) is 6.58. The summed E-state index contributed by atoms with van der Waals surface area (Å²) in [6.07, 6.45) is 3.83. The van der Waals surface area contributed by atoms with E-state index < -0.39 is 0 Å². The average molecular weight is 462 g/mol. The molecule has 1 unspecified atom stereocenters. The summed E-state index contributed by atoms with van der Waals surface area (Å²) in [7, 11) is 0. The third-order valence-corrected chi connectivity index (χ3v) is 4.74. The second kappa shape index (κ2) is 11.0. The molecule has 0 bridgehead atoms. The lowest BCUT2D eigenvalue weighted by molar-refractivity contribution is 0.0315. The van der Waals surface area contributed by atoms with E-state index in [0.29, 0.717) is 0 Å². The molecule has 7 heteroatoms. The van der Waals surface area contributed by atoms with Gasteiger partial charge in [-0.2, -0.15) is 0 Å². The third-order valence-electron chi connectivity index (χ3n) is 4.74.